The molecule has 1 aromatic heterocycles. The third-order valence-corrected chi connectivity index (χ3v) is 4.47. The molecule has 0 bridgehead atoms. The molecule has 4 nitrogen and oxygen atoms in total. The lowest BCUT2D eigenvalue weighted by Gasteiger charge is -2.20. The molecule has 1 N–H and O–H groups in total. The van der Waals surface area contributed by atoms with Gasteiger partial charge in [0.2, 0.25) is 0 Å². The van der Waals surface area contributed by atoms with Crippen molar-refractivity contribution in [2.45, 2.75) is 39.5 Å². The number of carbonyl (C=O) groups excluding carboxylic acids is 1. The Morgan fingerprint density at radius 1 is 0.923 bits per heavy atom. The fraction of sp³-hybridized carbons (Fsp3) is 0.273. The zero-order valence-electron chi connectivity index (χ0n) is 15.5. The number of nitrogens with one attached hydrogen (secondary N) is 1. The van der Waals surface area contributed by atoms with E-state index in [9.17, 15) is 9.59 Å². The Bertz CT molecular complexity index is 989. The number of amides is 1. The smallest absolute Gasteiger partial charge is 0.291 e. The van der Waals surface area contributed by atoms with Gasteiger partial charge in [-0.25, -0.2) is 0 Å². The average molecular weight is 349 g/mol. The van der Waals surface area contributed by atoms with Gasteiger partial charge in [-0.2, -0.15) is 0 Å². The molecular weight excluding hydrogens is 326 g/mol. The molecule has 0 saturated carbocycles. The van der Waals surface area contributed by atoms with Crippen LogP contribution in [0.1, 0.15) is 61.2 Å². The molecule has 0 radical (unpaired) electrons. The first kappa shape index (κ1) is 17.9. The predicted octanol–water partition coefficient (Wildman–Crippen LogP) is 5.29. The molecule has 2 aromatic carbocycles. The van der Waals surface area contributed by atoms with Crippen molar-refractivity contribution in [1.29, 1.82) is 0 Å². The maximum absolute atomic E-state index is 12.8. The van der Waals surface area contributed by atoms with Crippen LogP contribution in [0.4, 0.5) is 5.69 Å². The van der Waals surface area contributed by atoms with Gasteiger partial charge in [0, 0.05) is 11.8 Å². The summed E-state index contributed by atoms with van der Waals surface area (Å²) in [5.41, 5.74) is 3.11. The van der Waals surface area contributed by atoms with Crippen LogP contribution in [0.25, 0.3) is 11.0 Å². The van der Waals surface area contributed by atoms with Crippen molar-refractivity contribution in [2.24, 2.45) is 0 Å². The van der Waals surface area contributed by atoms with Crippen molar-refractivity contribution in [1.82, 2.24) is 0 Å². The molecule has 0 aliphatic carbocycles. The van der Waals surface area contributed by atoms with E-state index >= 15 is 0 Å². The molecule has 0 spiro atoms. The van der Waals surface area contributed by atoms with Crippen molar-refractivity contribution in [3.8, 4) is 0 Å². The van der Waals surface area contributed by atoms with Gasteiger partial charge in [0.1, 0.15) is 5.58 Å². The highest BCUT2D eigenvalue weighted by Gasteiger charge is 2.19. The first-order valence-electron chi connectivity index (χ1n) is 8.85. The first-order chi connectivity index (χ1) is 12.4. The van der Waals surface area contributed by atoms with Crippen LogP contribution in [-0.4, -0.2) is 5.91 Å². The van der Waals surface area contributed by atoms with E-state index < -0.39 is 5.91 Å². The minimum Gasteiger partial charge on any atom is -0.451 e. The lowest BCUT2D eigenvalue weighted by Crippen LogP contribution is -2.17. The number of fused-ring (bicyclic) bond motifs is 1. The van der Waals surface area contributed by atoms with Crippen molar-refractivity contribution in [3.63, 3.8) is 0 Å². The van der Waals surface area contributed by atoms with Gasteiger partial charge in [0.05, 0.1) is 5.39 Å². The molecule has 0 saturated heterocycles. The molecule has 0 fully saturated rings. The standard InChI is InChI=1S/C22H23NO3/c1-13(2)15-9-7-10-16(14(3)4)21(15)23-22(25)20-12-18(24)17-8-5-6-11-19(17)26-20/h5-14H,1-4H3,(H,23,25). The normalized spacial score (nSPS) is 11.3. The molecule has 0 atom stereocenters. The van der Waals surface area contributed by atoms with Gasteiger partial charge in [-0.3, -0.25) is 9.59 Å². The van der Waals surface area contributed by atoms with E-state index in [1.807, 2.05) is 18.2 Å². The average Bonchev–Trinajstić information content (AvgIpc) is 2.61. The second-order valence-electron chi connectivity index (χ2n) is 7.05. The molecule has 134 valence electrons. The van der Waals surface area contributed by atoms with Crippen LogP contribution in [0, 0.1) is 0 Å². The topological polar surface area (TPSA) is 59.3 Å². The van der Waals surface area contributed by atoms with Crippen molar-refractivity contribution >= 4 is 22.6 Å². The largest absolute Gasteiger partial charge is 0.451 e. The summed E-state index contributed by atoms with van der Waals surface area (Å²) < 4.78 is 5.67. The maximum Gasteiger partial charge on any atom is 0.291 e. The quantitative estimate of drug-likeness (QED) is 0.696. The highest BCUT2D eigenvalue weighted by molar-refractivity contribution is 6.04. The molecule has 26 heavy (non-hydrogen) atoms. The third kappa shape index (κ3) is 3.40. The number of carbonyl (C=O) groups is 1. The van der Waals surface area contributed by atoms with Crippen LogP contribution < -0.4 is 10.7 Å². The maximum atomic E-state index is 12.8. The first-order valence-corrected chi connectivity index (χ1v) is 8.85. The Balaban J connectivity index is 2.05. The van der Waals surface area contributed by atoms with Gasteiger partial charge < -0.3 is 9.73 Å². The minimum absolute atomic E-state index is 0.0157. The van der Waals surface area contributed by atoms with Gasteiger partial charge in [-0.1, -0.05) is 58.0 Å². The summed E-state index contributed by atoms with van der Waals surface area (Å²) in [7, 11) is 0. The molecule has 0 unspecified atom stereocenters. The fourth-order valence-electron chi connectivity index (χ4n) is 3.09. The van der Waals surface area contributed by atoms with E-state index in [1.165, 1.54) is 6.07 Å². The lowest BCUT2D eigenvalue weighted by atomic mass is 9.92. The SMILES string of the molecule is CC(C)c1cccc(C(C)C)c1NC(=O)c1cc(=O)c2ccccc2o1. The number of rotatable bonds is 4. The zero-order chi connectivity index (χ0) is 18.8. The van der Waals surface area contributed by atoms with E-state index in [-0.39, 0.29) is 23.0 Å². The summed E-state index contributed by atoms with van der Waals surface area (Å²) in [6.45, 7) is 8.35. The van der Waals surface area contributed by atoms with Gasteiger partial charge in [-0.15, -0.1) is 0 Å². The van der Waals surface area contributed by atoms with Gasteiger partial charge in [0.15, 0.2) is 11.2 Å². The Morgan fingerprint density at radius 2 is 1.54 bits per heavy atom. The molecule has 3 aromatic rings. The molecule has 1 amide bonds. The van der Waals surface area contributed by atoms with Gasteiger partial charge >= 0.3 is 0 Å². The van der Waals surface area contributed by atoms with Crippen LogP contribution in [-0.2, 0) is 0 Å². The van der Waals surface area contributed by atoms with Crippen LogP contribution in [0.3, 0.4) is 0 Å². The summed E-state index contributed by atoms with van der Waals surface area (Å²) in [5, 5.41) is 3.45. The summed E-state index contributed by atoms with van der Waals surface area (Å²) >= 11 is 0. The molecule has 3 rings (SSSR count). The van der Waals surface area contributed by atoms with Crippen molar-refractivity contribution in [2.75, 3.05) is 5.32 Å². The van der Waals surface area contributed by atoms with Crippen LogP contribution in [0.15, 0.2) is 57.7 Å². The van der Waals surface area contributed by atoms with Gasteiger partial charge in [-0.05, 0) is 35.1 Å². The predicted molar refractivity (Wildman–Crippen MR) is 105 cm³/mol. The highest BCUT2D eigenvalue weighted by atomic mass is 16.3. The van der Waals surface area contributed by atoms with Crippen LogP contribution >= 0.6 is 0 Å². The minimum atomic E-state index is -0.414. The Kier molecular flexibility index (Phi) is 4.94. The molecular formula is C22H23NO3. The van der Waals surface area contributed by atoms with E-state index in [1.54, 1.807) is 24.3 Å². The summed E-state index contributed by atoms with van der Waals surface area (Å²) in [4.78, 5) is 25.1. The fourth-order valence-corrected chi connectivity index (χ4v) is 3.09. The Morgan fingerprint density at radius 3 is 2.15 bits per heavy atom. The van der Waals surface area contributed by atoms with Crippen molar-refractivity contribution in [3.05, 3.63) is 75.6 Å². The van der Waals surface area contributed by atoms with Crippen molar-refractivity contribution < 1.29 is 9.21 Å². The number of benzene rings is 2. The summed E-state index contributed by atoms with van der Waals surface area (Å²) in [6, 6.07) is 14.2. The van der Waals surface area contributed by atoms with E-state index in [0.717, 1.165) is 16.8 Å². The van der Waals surface area contributed by atoms with E-state index in [2.05, 4.69) is 33.0 Å². The molecule has 1 heterocycles. The summed E-state index contributed by atoms with van der Waals surface area (Å²) in [5.74, 6) is 0.116. The Labute approximate surface area is 152 Å². The van der Waals surface area contributed by atoms with E-state index in [4.69, 9.17) is 4.42 Å². The monoisotopic (exact) mass is 349 g/mol. The van der Waals surface area contributed by atoms with Crippen LogP contribution in [0.5, 0.6) is 0 Å². The second-order valence-corrected chi connectivity index (χ2v) is 7.05. The Hall–Kier alpha value is -2.88. The molecule has 4 heteroatoms. The molecule has 0 aliphatic rings. The summed E-state index contributed by atoms with van der Waals surface area (Å²) in [6.07, 6.45) is 0. The zero-order valence-corrected chi connectivity index (χ0v) is 15.5. The number of hydrogen-bond acceptors (Lipinski definition) is 3. The van der Waals surface area contributed by atoms with E-state index in [0.29, 0.717) is 11.0 Å². The lowest BCUT2D eigenvalue weighted by molar-refractivity contribution is 0.0997. The number of para-hydroxylation sites is 2. The third-order valence-electron chi connectivity index (χ3n) is 4.47. The second kappa shape index (κ2) is 7.16. The van der Waals surface area contributed by atoms with Crippen LogP contribution in [0.2, 0.25) is 0 Å². The number of anilines is 1. The number of hydrogen-bond donors (Lipinski definition) is 1. The van der Waals surface area contributed by atoms with Gasteiger partial charge in [0.25, 0.3) is 5.91 Å². The molecule has 0 aliphatic heterocycles. The highest BCUT2D eigenvalue weighted by Crippen LogP contribution is 2.32.